The van der Waals surface area contributed by atoms with Crippen molar-refractivity contribution in [2.45, 2.75) is 123 Å². The Balaban J connectivity index is 3.19. The van der Waals surface area contributed by atoms with Crippen LogP contribution in [-0.4, -0.2) is 44.2 Å². The monoisotopic (exact) mass is 398 g/mol. The van der Waals surface area contributed by atoms with Gasteiger partial charge in [-0.15, -0.1) is 0 Å². The minimum absolute atomic E-state index is 0.0272. The van der Waals surface area contributed by atoms with Crippen LogP contribution in [0.4, 0.5) is 0 Å². The number of unbranched alkanes of at least 4 members (excludes halogenated alkanes) is 15. The minimum atomic E-state index is -0.0272. The van der Waals surface area contributed by atoms with Crippen molar-refractivity contribution in [3.05, 3.63) is 0 Å². The zero-order chi connectivity index (χ0) is 20.9. The lowest BCUT2D eigenvalue weighted by atomic mass is 10.0. The molecule has 0 aromatic carbocycles. The van der Waals surface area contributed by atoms with Gasteiger partial charge in [-0.1, -0.05) is 103 Å². The molecule has 0 heterocycles. The maximum absolute atomic E-state index is 11.7. The van der Waals surface area contributed by atoms with Crippen LogP contribution >= 0.6 is 0 Å². The van der Waals surface area contributed by atoms with Gasteiger partial charge in [0, 0.05) is 0 Å². The van der Waals surface area contributed by atoms with E-state index in [4.69, 9.17) is 4.74 Å². The number of rotatable bonds is 21. The van der Waals surface area contributed by atoms with E-state index in [1.165, 1.54) is 96.3 Å². The third kappa shape index (κ3) is 20.2. The predicted octanol–water partition coefficient (Wildman–Crippen LogP) is 7.28. The summed E-state index contributed by atoms with van der Waals surface area (Å²) in [5, 5.41) is 0. The summed E-state index contributed by atoms with van der Waals surface area (Å²) in [7, 11) is 4.31. The van der Waals surface area contributed by atoms with Crippen molar-refractivity contribution in [3.63, 3.8) is 0 Å². The second-order valence-electron chi connectivity index (χ2n) is 9.25. The Hall–Kier alpha value is -0.570. The summed E-state index contributed by atoms with van der Waals surface area (Å²) >= 11 is 0. The summed E-state index contributed by atoms with van der Waals surface area (Å²) in [5.41, 5.74) is 0. The Morgan fingerprint density at radius 3 is 1.43 bits per heavy atom. The molecule has 0 aliphatic carbocycles. The molecule has 0 atom stereocenters. The summed E-state index contributed by atoms with van der Waals surface area (Å²) in [5.74, 6) is -0.0272. The number of nitrogens with zero attached hydrogens (tertiary/aromatic N) is 1. The molecule has 0 bridgehead atoms. The lowest BCUT2D eigenvalue weighted by Crippen LogP contribution is -2.41. The normalized spacial score (nSPS) is 11.7. The van der Waals surface area contributed by atoms with E-state index in [2.05, 4.69) is 27.9 Å². The van der Waals surface area contributed by atoms with Crippen molar-refractivity contribution in [1.29, 1.82) is 0 Å². The number of hydrogen-bond donors (Lipinski definition) is 0. The first-order chi connectivity index (χ1) is 13.5. The first-order valence-corrected chi connectivity index (χ1v) is 12.5. The van der Waals surface area contributed by atoms with E-state index < -0.39 is 0 Å². The average molecular weight is 399 g/mol. The van der Waals surface area contributed by atoms with Crippen molar-refractivity contribution in [2.75, 3.05) is 33.8 Å². The Kier molecular flexibility index (Phi) is 19.3. The summed E-state index contributed by atoms with van der Waals surface area (Å²) in [4.78, 5) is 11.7. The zero-order valence-corrected chi connectivity index (χ0v) is 19.9. The first kappa shape index (κ1) is 27.4. The molecule has 0 aromatic heterocycles. The fourth-order valence-corrected chi connectivity index (χ4v) is 3.46. The van der Waals surface area contributed by atoms with E-state index in [0.717, 1.165) is 24.0 Å². The number of carbonyl (C=O) groups excluding carboxylic acids is 1. The Morgan fingerprint density at radius 1 is 0.643 bits per heavy atom. The summed E-state index contributed by atoms with van der Waals surface area (Å²) in [6, 6.07) is 0. The Labute approximate surface area is 177 Å². The third-order valence-corrected chi connectivity index (χ3v) is 6.04. The molecule has 0 unspecified atom stereocenters. The number of hydrogen-bond acceptors (Lipinski definition) is 2. The van der Waals surface area contributed by atoms with Gasteiger partial charge >= 0.3 is 5.97 Å². The van der Waals surface area contributed by atoms with Gasteiger partial charge in [-0.25, -0.2) is 0 Å². The molecule has 168 valence electrons. The van der Waals surface area contributed by atoms with Gasteiger partial charge in [0.1, 0.15) is 0 Å². The van der Waals surface area contributed by atoms with Crippen LogP contribution in [0.2, 0.25) is 0 Å². The molecule has 0 aromatic rings. The lowest BCUT2D eigenvalue weighted by Gasteiger charge is -2.27. The third-order valence-electron chi connectivity index (χ3n) is 6.04. The molecular weight excluding hydrogens is 346 g/mol. The van der Waals surface area contributed by atoms with Crippen molar-refractivity contribution in [3.8, 4) is 0 Å². The van der Waals surface area contributed by atoms with Gasteiger partial charge in [-0.05, 0) is 13.3 Å². The van der Waals surface area contributed by atoms with Gasteiger partial charge in [-0.2, -0.15) is 0 Å². The highest BCUT2D eigenvalue weighted by Crippen LogP contribution is 2.13. The second-order valence-corrected chi connectivity index (χ2v) is 9.25. The van der Waals surface area contributed by atoms with Crippen LogP contribution in [0, 0.1) is 0 Å². The summed E-state index contributed by atoms with van der Waals surface area (Å²) in [6.07, 6.45) is 22.4. The van der Waals surface area contributed by atoms with Crippen LogP contribution in [0.3, 0.4) is 0 Å². The molecule has 0 rings (SSSR count). The number of ether oxygens (including phenoxy) is 1. The average Bonchev–Trinajstić information content (AvgIpc) is 2.69. The SMILES string of the molecule is CCCCCCCCCCCCCCCCCCOC(=O)CC[N+](C)(C)CC. The molecule has 0 amide bonds. The molecule has 28 heavy (non-hydrogen) atoms. The van der Waals surface area contributed by atoms with E-state index in [0.29, 0.717) is 13.0 Å². The van der Waals surface area contributed by atoms with Gasteiger partial charge in [-0.3, -0.25) is 4.79 Å². The smallest absolute Gasteiger partial charge is 0.311 e. The van der Waals surface area contributed by atoms with Gasteiger partial charge in [0.15, 0.2) is 0 Å². The number of esters is 1. The van der Waals surface area contributed by atoms with Crippen molar-refractivity contribution < 1.29 is 14.0 Å². The lowest BCUT2D eigenvalue weighted by molar-refractivity contribution is -0.887. The number of quaternary nitrogens is 1. The van der Waals surface area contributed by atoms with Gasteiger partial charge < -0.3 is 9.22 Å². The fraction of sp³-hybridized carbons (Fsp3) is 0.960. The highest BCUT2D eigenvalue weighted by Gasteiger charge is 2.14. The van der Waals surface area contributed by atoms with Crippen LogP contribution < -0.4 is 0 Å². The van der Waals surface area contributed by atoms with Crippen LogP contribution in [0.5, 0.6) is 0 Å². The van der Waals surface area contributed by atoms with Crippen molar-refractivity contribution in [1.82, 2.24) is 0 Å². The first-order valence-electron chi connectivity index (χ1n) is 12.5. The second kappa shape index (κ2) is 19.7. The van der Waals surface area contributed by atoms with E-state index >= 15 is 0 Å². The summed E-state index contributed by atoms with van der Waals surface area (Å²) in [6.45, 7) is 6.96. The molecule has 0 saturated carbocycles. The van der Waals surface area contributed by atoms with Gasteiger partial charge in [0.25, 0.3) is 0 Å². The van der Waals surface area contributed by atoms with E-state index in [9.17, 15) is 4.79 Å². The van der Waals surface area contributed by atoms with E-state index in [1.807, 2.05) is 0 Å². The molecule has 3 heteroatoms. The summed E-state index contributed by atoms with van der Waals surface area (Å²) < 4.78 is 6.24. The topological polar surface area (TPSA) is 26.3 Å². The molecule has 0 saturated heterocycles. The molecule has 0 spiro atoms. The number of carbonyl (C=O) groups is 1. The van der Waals surface area contributed by atoms with Crippen LogP contribution in [0.15, 0.2) is 0 Å². The van der Waals surface area contributed by atoms with E-state index in [-0.39, 0.29) is 5.97 Å². The van der Waals surface area contributed by atoms with Crippen LogP contribution in [0.1, 0.15) is 123 Å². The van der Waals surface area contributed by atoms with Crippen molar-refractivity contribution >= 4 is 5.97 Å². The minimum Gasteiger partial charge on any atom is -0.466 e. The molecule has 0 fully saturated rings. The van der Waals surface area contributed by atoms with Crippen molar-refractivity contribution in [2.24, 2.45) is 0 Å². The molecule has 0 aliphatic heterocycles. The van der Waals surface area contributed by atoms with E-state index in [1.54, 1.807) is 0 Å². The molecule has 0 N–H and O–H groups in total. The highest BCUT2D eigenvalue weighted by molar-refractivity contribution is 5.69. The Bertz CT molecular complexity index is 341. The fourth-order valence-electron chi connectivity index (χ4n) is 3.46. The Morgan fingerprint density at radius 2 is 1.04 bits per heavy atom. The largest absolute Gasteiger partial charge is 0.466 e. The zero-order valence-electron chi connectivity index (χ0n) is 19.9. The maximum Gasteiger partial charge on any atom is 0.311 e. The highest BCUT2D eigenvalue weighted by atomic mass is 16.5. The van der Waals surface area contributed by atoms with Gasteiger partial charge in [0.05, 0.1) is 40.2 Å². The van der Waals surface area contributed by atoms with Gasteiger partial charge in [0.2, 0.25) is 0 Å². The molecule has 0 aliphatic rings. The predicted molar refractivity (Wildman–Crippen MR) is 123 cm³/mol. The maximum atomic E-state index is 11.7. The quantitative estimate of drug-likeness (QED) is 0.115. The molecule has 0 radical (unpaired) electrons. The molecule has 3 nitrogen and oxygen atoms in total. The molecular formula is C25H52NO2+. The van der Waals surface area contributed by atoms with Crippen LogP contribution in [0.25, 0.3) is 0 Å². The van der Waals surface area contributed by atoms with Crippen LogP contribution in [-0.2, 0) is 9.53 Å². The standard InChI is InChI=1S/C25H52NO2/c1-5-7-8-9-10-11-12-13-14-15-16-17-18-19-20-21-24-28-25(27)22-23-26(3,4)6-2/h5-24H2,1-4H3/q+1.